The molecule has 58 heavy (non-hydrogen) atoms. The number of fused-ring (bicyclic) bond motifs is 2. The van der Waals surface area contributed by atoms with Crippen molar-refractivity contribution in [2.75, 3.05) is 25.5 Å². The van der Waals surface area contributed by atoms with Crippen LogP contribution in [0.25, 0.3) is 21.8 Å². The van der Waals surface area contributed by atoms with Crippen LogP contribution in [0.5, 0.6) is 0 Å². The summed E-state index contributed by atoms with van der Waals surface area (Å²) in [7, 11) is 3.41. The second-order valence-electron chi connectivity index (χ2n) is 16.0. The third kappa shape index (κ3) is 9.08. The minimum atomic E-state index is -2.84. The fourth-order valence-corrected chi connectivity index (χ4v) is 8.32. The second-order valence-corrected chi connectivity index (χ2v) is 16.0. The number of carbonyl (C=O) groups excluding carboxylic acids is 3. The van der Waals surface area contributed by atoms with Crippen molar-refractivity contribution < 1.29 is 28.3 Å². The van der Waals surface area contributed by atoms with Gasteiger partial charge in [0, 0.05) is 47.7 Å². The lowest BCUT2D eigenvalue weighted by molar-refractivity contribution is -0.126. The van der Waals surface area contributed by atoms with Gasteiger partial charge in [0.1, 0.15) is 6.07 Å². The average Bonchev–Trinajstić information content (AvgIpc) is 3.77. The molecule has 2 atom stereocenters. The highest BCUT2D eigenvalue weighted by Crippen LogP contribution is 2.43. The topological polar surface area (TPSA) is 171 Å². The fourth-order valence-electron chi connectivity index (χ4n) is 8.32. The van der Waals surface area contributed by atoms with Gasteiger partial charge >= 0.3 is 0 Å². The third-order valence-electron chi connectivity index (χ3n) is 11.2. The Balaban J connectivity index is 0.000000196. The third-order valence-corrected chi connectivity index (χ3v) is 11.2. The highest BCUT2D eigenvalue weighted by Gasteiger charge is 2.45. The molecule has 3 amide bonds. The van der Waals surface area contributed by atoms with Gasteiger partial charge in [0.05, 0.1) is 57.9 Å². The fraction of sp³-hybridized carbons (Fsp3) is 0.465. The molecule has 3 N–H and O–H groups in total. The normalized spacial score (nSPS) is 17.9. The van der Waals surface area contributed by atoms with E-state index in [1.807, 2.05) is 42.1 Å². The molecule has 7 rings (SSSR count). The van der Waals surface area contributed by atoms with Gasteiger partial charge in [0.2, 0.25) is 12.3 Å². The number of amides is 3. The molecule has 2 aromatic carbocycles. The van der Waals surface area contributed by atoms with E-state index in [0.717, 1.165) is 30.2 Å². The molecule has 2 unspecified atom stereocenters. The van der Waals surface area contributed by atoms with Gasteiger partial charge in [0.15, 0.2) is 0 Å². The van der Waals surface area contributed by atoms with Crippen molar-refractivity contribution in [2.45, 2.75) is 102 Å². The first-order valence-electron chi connectivity index (χ1n) is 19.8. The second kappa shape index (κ2) is 17.5. The van der Waals surface area contributed by atoms with Crippen molar-refractivity contribution in [3.8, 4) is 6.07 Å². The number of pyridine rings is 1. The van der Waals surface area contributed by atoms with Crippen molar-refractivity contribution in [1.29, 1.82) is 5.26 Å². The number of para-hydroxylation sites is 1. The highest BCUT2D eigenvalue weighted by atomic mass is 19.3. The average molecular weight is 796 g/mol. The van der Waals surface area contributed by atoms with Crippen molar-refractivity contribution >= 4 is 45.7 Å². The summed E-state index contributed by atoms with van der Waals surface area (Å²) in [6.07, 6.45) is 12.8. The molecule has 306 valence electrons. The molecule has 2 aliphatic rings. The Labute approximate surface area is 336 Å². The number of alkyl halides is 2. The Bertz CT molecular complexity index is 2340. The number of nitrogens with zero attached hydrogens (tertiary/aromatic N) is 7. The molecule has 1 aliphatic carbocycles. The van der Waals surface area contributed by atoms with Crippen LogP contribution >= 0.6 is 0 Å². The predicted molar refractivity (Wildman–Crippen MR) is 216 cm³/mol. The zero-order chi connectivity index (χ0) is 41.8. The molecule has 4 heterocycles. The number of anilines is 1. The molecule has 13 nitrogen and oxygen atoms in total. The van der Waals surface area contributed by atoms with E-state index in [-0.39, 0.29) is 18.0 Å². The summed E-state index contributed by atoms with van der Waals surface area (Å²) in [5, 5.41) is 35.7. The number of aliphatic hydroxyl groups is 1. The summed E-state index contributed by atoms with van der Waals surface area (Å²) in [5.41, 5.74) is 3.05. The van der Waals surface area contributed by atoms with E-state index < -0.39 is 29.3 Å². The standard InChI is InChI=1S/C23H25N5O2.C20H26F2N4O2/c1-23(2,30)19-10-20-17(14-28(27-20)18-6-4-3-5-7-18)9-21(19)26-22(29)16-8-15(11-24)12-25-13-16;1-4-6-15(19(28)23-12-27)17-14-8-5-7-13(18(14)26(3)24-17)16-9-10-25(2)11-20(16,21)22/h8-10,12-14,18,30H,3-7H2,1-2H3,(H,26,29);5,7-8,12,15-16H,4,6,9-11H2,1-3H3,(H,23,27,28). The van der Waals surface area contributed by atoms with Gasteiger partial charge < -0.3 is 15.3 Å². The summed E-state index contributed by atoms with van der Waals surface area (Å²) in [6, 6.07) is 12.9. The minimum Gasteiger partial charge on any atom is -0.386 e. The zero-order valence-electron chi connectivity index (χ0n) is 33.6. The maximum atomic E-state index is 14.8. The van der Waals surface area contributed by atoms with Gasteiger partial charge in [-0.15, -0.1) is 0 Å². The van der Waals surface area contributed by atoms with Gasteiger partial charge in [-0.05, 0) is 76.9 Å². The van der Waals surface area contributed by atoms with Crippen LogP contribution in [0.15, 0.2) is 55.0 Å². The van der Waals surface area contributed by atoms with Gasteiger partial charge in [-0.2, -0.15) is 15.5 Å². The van der Waals surface area contributed by atoms with Gasteiger partial charge in [0.25, 0.3) is 11.8 Å². The first-order valence-corrected chi connectivity index (χ1v) is 19.8. The molecule has 5 aromatic rings. The lowest BCUT2D eigenvalue weighted by Crippen LogP contribution is -2.45. The largest absolute Gasteiger partial charge is 0.386 e. The SMILES string of the molecule is CC(C)(O)c1cc2nn(C3CCCCC3)cc2cc1NC(=O)c1cncc(C#N)c1.CCCC(C(=O)NC=O)c1nn(C)c2c(C3CCN(C)CC3(F)F)cccc12. The summed E-state index contributed by atoms with van der Waals surface area (Å²) in [4.78, 5) is 41.5. The van der Waals surface area contributed by atoms with Crippen molar-refractivity contribution in [3.63, 3.8) is 0 Å². The number of hydrogen-bond acceptors (Lipinski definition) is 9. The smallest absolute Gasteiger partial charge is 0.267 e. The van der Waals surface area contributed by atoms with E-state index in [1.54, 1.807) is 49.7 Å². The number of aryl methyl sites for hydroxylation is 1. The Hall–Kier alpha value is -5.59. The lowest BCUT2D eigenvalue weighted by atomic mass is 9.84. The number of likely N-dealkylation sites (tertiary alicyclic amines) is 1. The number of nitriles is 1. The number of rotatable bonds is 10. The number of imide groups is 1. The Kier molecular flexibility index (Phi) is 12.7. The maximum Gasteiger partial charge on any atom is 0.267 e. The van der Waals surface area contributed by atoms with Crippen LogP contribution in [-0.4, -0.2) is 78.8 Å². The van der Waals surface area contributed by atoms with E-state index in [0.29, 0.717) is 70.8 Å². The van der Waals surface area contributed by atoms with Crippen molar-refractivity contribution in [2.24, 2.45) is 7.05 Å². The molecule has 3 aromatic heterocycles. The summed E-state index contributed by atoms with van der Waals surface area (Å²) in [5.74, 6) is -5.16. The van der Waals surface area contributed by atoms with Gasteiger partial charge in [-0.1, -0.05) is 50.8 Å². The van der Waals surface area contributed by atoms with Crippen molar-refractivity contribution in [1.82, 2.24) is 34.8 Å². The number of carbonyl (C=O) groups is 3. The van der Waals surface area contributed by atoms with Crippen LogP contribution in [0.1, 0.15) is 123 Å². The van der Waals surface area contributed by atoms with Crippen LogP contribution in [0, 0.1) is 11.3 Å². The zero-order valence-corrected chi connectivity index (χ0v) is 33.6. The lowest BCUT2D eigenvalue weighted by Gasteiger charge is -2.37. The number of piperidine rings is 1. The molecule has 2 fully saturated rings. The summed E-state index contributed by atoms with van der Waals surface area (Å²) < 4.78 is 33.2. The number of aromatic nitrogens is 5. The number of nitrogens with one attached hydrogen (secondary N) is 2. The Morgan fingerprint density at radius 1 is 1.10 bits per heavy atom. The number of halogens is 2. The van der Waals surface area contributed by atoms with E-state index in [4.69, 9.17) is 10.4 Å². The molecule has 0 spiro atoms. The quantitative estimate of drug-likeness (QED) is 0.125. The van der Waals surface area contributed by atoms with Crippen LogP contribution in [0.2, 0.25) is 0 Å². The first kappa shape index (κ1) is 42.0. The monoisotopic (exact) mass is 795 g/mol. The van der Waals surface area contributed by atoms with Crippen molar-refractivity contribution in [3.05, 3.63) is 82.9 Å². The first-order chi connectivity index (χ1) is 27.6. The minimum absolute atomic E-state index is 0.279. The molecule has 15 heteroatoms. The molecular weight excluding hydrogens is 745 g/mol. The molecule has 0 radical (unpaired) electrons. The Morgan fingerprint density at radius 3 is 2.53 bits per heavy atom. The summed E-state index contributed by atoms with van der Waals surface area (Å²) >= 11 is 0. The number of hydrogen-bond donors (Lipinski definition) is 3. The highest BCUT2D eigenvalue weighted by molar-refractivity contribution is 6.05. The van der Waals surface area contributed by atoms with E-state index >= 15 is 0 Å². The maximum absolute atomic E-state index is 14.8. The van der Waals surface area contributed by atoms with E-state index in [9.17, 15) is 28.3 Å². The summed E-state index contributed by atoms with van der Waals surface area (Å²) in [6.45, 7) is 5.62. The van der Waals surface area contributed by atoms with E-state index in [1.165, 1.54) is 37.7 Å². The Morgan fingerprint density at radius 2 is 1.86 bits per heavy atom. The molecule has 1 aliphatic heterocycles. The predicted octanol–water partition coefficient (Wildman–Crippen LogP) is 7.07. The van der Waals surface area contributed by atoms with Gasteiger partial charge in [-0.25, -0.2) is 8.78 Å². The molecular formula is C43H51F2N9O4. The van der Waals surface area contributed by atoms with Crippen LogP contribution in [-0.2, 0) is 22.2 Å². The number of benzene rings is 2. The van der Waals surface area contributed by atoms with Crippen LogP contribution in [0.3, 0.4) is 0 Å². The van der Waals surface area contributed by atoms with Gasteiger partial charge in [-0.3, -0.25) is 34.0 Å². The molecule has 1 saturated carbocycles. The van der Waals surface area contributed by atoms with Crippen LogP contribution < -0.4 is 10.6 Å². The molecule has 1 saturated heterocycles. The molecule has 0 bridgehead atoms. The van der Waals surface area contributed by atoms with Crippen LogP contribution in [0.4, 0.5) is 14.5 Å². The van der Waals surface area contributed by atoms with E-state index in [2.05, 4.69) is 20.7 Å².